The van der Waals surface area contributed by atoms with Crippen molar-refractivity contribution in [3.05, 3.63) is 69.2 Å². The van der Waals surface area contributed by atoms with E-state index in [1.54, 1.807) is 34.3 Å². The number of amides is 4. The Labute approximate surface area is 397 Å². The summed E-state index contributed by atoms with van der Waals surface area (Å²) in [6, 6.07) is 3.57. The maximum absolute atomic E-state index is 12.2. The van der Waals surface area contributed by atoms with Gasteiger partial charge < -0.3 is 44.9 Å². The first-order valence-electron chi connectivity index (χ1n) is 19.9. The predicted molar refractivity (Wildman–Crippen MR) is 232 cm³/mol. The van der Waals surface area contributed by atoms with Crippen LogP contribution >= 0.6 is 23.2 Å². The molecule has 0 bridgehead atoms. The summed E-state index contributed by atoms with van der Waals surface area (Å²) in [7, 11) is 0.750. The molecular formula is C43H61Cl2N6NaO10. The van der Waals surface area contributed by atoms with Gasteiger partial charge in [-0.2, -0.15) is 7.11 Å². The zero-order valence-electron chi connectivity index (χ0n) is 37.9. The molecule has 0 aliphatic carbocycles. The maximum Gasteiger partial charge on any atom is 1.00 e. The van der Waals surface area contributed by atoms with Gasteiger partial charge in [-0.15, -0.1) is 0 Å². The molecule has 0 spiro atoms. The fraction of sp³-hybridized carbons (Fsp3) is 0.558. The molecular weight excluding hydrogens is 854 g/mol. The Morgan fingerprint density at radius 3 is 1.48 bits per heavy atom. The maximum atomic E-state index is 12.2. The number of aliphatic hydroxyl groups is 1. The molecule has 4 rings (SSSR count). The first-order chi connectivity index (χ1) is 28.5. The normalized spacial score (nSPS) is 14.7. The van der Waals surface area contributed by atoms with Crippen molar-refractivity contribution in [3.8, 4) is 0 Å². The zero-order chi connectivity index (χ0) is 46.1. The van der Waals surface area contributed by atoms with Gasteiger partial charge >= 0.3 is 47.7 Å². The molecule has 62 heavy (non-hydrogen) atoms. The van der Waals surface area contributed by atoms with Crippen LogP contribution in [0, 0.1) is 0 Å². The van der Waals surface area contributed by atoms with Crippen LogP contribution in [0.15, 0.2) is 36.7 Å². The quantitative estimate of drug-likeness (QED) is 0.168. The molecule has 338 valence electrons. The number of carbonyl (C=O) groups excluding carboxylic acids is 5. The van der Waals surface area contributed by atoms with Gasteiger partial charge in [0, 0.05) is 78.7 Å². The predicted octanol–water partition coefficient (Wildman–Crippen LogP) is 2.15. The third-order valence-corrected chi connectivity index (χ3v) is 9.13. The second kappa shape index (κ2) is 26.8. The fourth-order valence-corrected chi connectivity index (χ4v) is 6.54. The van der Waals surface area contributed by atoms with Crippen molar-refractivity contribution in [2.45, 2.75) is 111 Å². The monoisotopic (exact) mass is 914 g/mol. The first-order valence-corrected chi connectivity index (χ1v) is 20.6. The molecule has 2 aromatic rings. The van der Waals surface area contributed by atoms with Crippen molar-refractivity contribution in [2.75, 3.05) is 46.4 Å². The summed E-state index contributed by atoms with van der Waals surface area (Å²) < 4.78 is 16.1. The fourth-order valence-electron chi connectivity index (χ4n) is 5.92. The molecule has 2 atom stereocenters. The second-order valence-electron chi connectivity index (χ2n) is 16.3. The Balaban J connectivity index is 0.000000590. The van der Waals surface area contributed by atoms with E-state index in [0.717, 1.165) is 29.4 Å². The van der Waals surface area contributed by atoms with Crippen molar-refractivity contribution in [2.24, 2.45) is 0 Å². The molecule has 0 unspecified atom stereocenters. The van der Waals surface area contributed by atoms with E-state index in [2.05, 4.69) is 20.6 Å². The summed E-state index contributed by atoms with van der Waals surface area (Å²) in [6.45, 7) is 17.5. The minimum atomic E-state index is -0.705. The molecule has 2 aliphatic heterocycles. The Bertz CT molecular complexity index is 1900. The van der Waals surface area contributed by atoms with Gasteiger partial charge in [0.15, 0.2) is 0 Å². The first kappa shape index (κ1) is 56.2. The standard InChI is InChI=1S/C22H30ClN3O5.C20H28ClN3O4.CH3O.Na/c1-14(27)24-13-18(30-15(2)28)10-16-11-19(23)20(25-12-16)17-6-8-26(9-7-17)21(29)31-22(3,4)5;1-13(25)22-12-16(26)9-14-10-17(21)18(23-11-14)15-5-7-24(8-6-15)19(27)28-20(2,3)4;1-2;/h6,11-12,18H,7-10,13H2,1-5H3,(H,24,27);5,10-11,16,26H,6-9,12H2,1-4H3,(H,22,25);1H3;/q;;-1;+1/t18-;16-;;/m11../s1. The van der Waals surface area contributed by atoms with Gasteiger partial charge in [-0.25, -0.2) is 9.59 Å². The number of aliphatic hydroxyl groups excluding tert-OH is 1. The molecule has 4 amide bonds. The van der Waals surface area contributed by atoms with E-state index in [0.29, 0.717) is 73.3 Å². The van der Waals surface area contributed by atoms with E-state index in [9.17, 15) is 29.1 Å². The van der Waals surface area contributed by atoms with Crippen LogP contribution in [-0.2, 0) is 41.4 Å². The van der Waals surface area contributed by atoms with Crippen LogP contribution in [0.25, 0.3) is 11.1 Å². The molecule has 2 aromatic heterocycles. The Morgan fingerprint density at radius 1 is 0.742 bits per heavy atom. The minimum Gasteiger partial charge on any atom is -0.857 e. The zero-order valence-corrected chi connectivity index (χ0v) is 41.4. The van der Waals surface area contributed by atoms with Crippen LogP contribution in [0.4, 0.5) is 9.59 Å². The van der Waals surface area contributed by atoms with Gasteiger partial charge in [-0.05, 0) is 88.8 Å². The number of hydrogen-bond donors (Lipinski definition) is 3. The van der Waals surface area contributed by atoms with Crippen LogP contribution in [0.3, 0.4) is 0 Å². The molecule has 0 saturated carbocycles. The number of esters is 1. The number of pyridine rings is 2. The van der Waals surface area contributed by atoms with Gasteiger partial charge in [-0.1, -0.05) is 35.4 Å². The number of aromatic nitrogens is 2. The third kappa shape index (κ3) is 21.1. The molecule has 19 heteroatoms. The van der Waals surface area contributed by atoms with Gasteiger partial charge in [0.25, 0.3) is 0 Å². The van der Waals surface area contributed by atoms with Crippen molar-refractivity contribution >= 4 is 64.3 Å². The summed E-state index contributed by atoms with van der Waals surface area (Å²) in [5.74, 6) is -0.809. The van der Waals surface area contributed by atoms with Crippen LogP contribution in [0.1, 0.15) is 97.7 Å². The van der Waals surface area contributed by atoms with Gasteiger partial charge in [0.2, 0.25) is 11.8 Å². The van der Waals surface area contributed by atoms with E-state index in [-0.39, 0.29) is 66.6 Å². The SMILES string of the molecule is CC(=O)NC[C@@H](Cc1cnc(C2=CCN(C(=O)OC(C)(C)C)CC2)c(Cl)c1)OC(C)=O.CC(=O)NC[C@H](O)Cc1cnc(C2=CCN(C(=O)OC(C)(C)C)CC2)c(Cl)c1.C[O-].[Na+]. The van der Waals surface area contributed by atoms with E-state index in [4.69, 9.17) is 42.5 Å². The van der Waals surface area contributed by atoms with E-state index >= 15 is 0 Å². The summed E-state index contributed by atoms with van der Waals surface area (Å²) in [6.07, 6.45) is 7.32. The summed E-state index contributed by atoms with van der Waals surface area (Å²) in [5.41, 5.74) is 3.82. The van der Waals surface area contributed by atoms with Crippen molar-refractivity contribution in [3.63, 3.8) is 0 Å². The van der Waals surface area contributed by atoms with Crippen molar-refractivity contribution in [1.82, 2.24) is 30.4 Å². The molecule has 0 saturated heterocycles. The molecule has 16 nitrogen and oxygen atoms in total. The molecule has 0 aromatic carbocycles. The molecule has 0 fully saturated rings. The molecule has 3 N–H and O–H groups in total. The summed E-state index contributed by atoms with van der Waals surface area (Å²) >= 11 is 12.9. The van der Waals surface area contributed by atoms with Crippen molar-refractivity contribution in [1.29, 1.82) is 0 Å². The average Bonchev–Trinajstić information content (AvgIpc) is 3.16. The van der Waals surface area contributed by atoms with E-state index < -0.39 is 29.4 Å². The smallest absolute Gasteiger partial charge is 0.857 e. The number of rotatable bonds is 11. The second-order valence-corrected chi connectivity index (χ2v) is 17.1. The van der Waals surface area contributed by atoms with Crippen molar-refractivity contribution < 1.29 is 78.0 Å². The van der Waals surface area contributed by atoms with Gasteiger partial charge in [-0.3, -0.25) is 24.4 Å². The number of hydrogen-bond acceptors (Lipinski definition) is 12. The van der Waals surface area contributed by atoms with Crippen LogP contribution in [0.2, 0.25) is 10.0 Å². The Kier molecular flexibility index (Phi) is 24.3. The van der Waals surface area contributed by atoms with Gasteiger partial charge in [0.05, 0.1) is 34.1 Å². The number of halogens is 2. The molecule has 0 radical (unpaired) electrons. The van der Waals surface area contributed by atoms with Crippen LogP contribution < -0.4 is 45.3 Å². The topological polar surface area (TPSA) is 213 Å². The van der Waals surface area contributed by atoms with E-state index in [1.165, 1.54) is 20.8 Å². The Morgan fingerprint density at radius 2 is 1.15 bits per heavy atom. The number of carbonyl (C=O) groups is 5. The van der Waals surface area contributed by atoms with Crippen LogP contribution in [0.5, 0.6) is 0 Å². The number of nitrogens with one attached hydrogen (secondary N) is 2. The summed E-state index contributed by atoms with van der Waals surface area (Å²) in [5, 5.41) is 24.4. The third-order valence-electron chi connectivity index (χ3n) is 8.56. The Hall–Kier alpha value is -3.77. The number of nitrogens with zero attached hydrogens (tertiary/aromatic N) is 4. The largest absolute Gasteiger partial charge is 1.00 e. The minimum absolute atomic E-state index is 0. The van der Waals surface area contributed by atoms with Crippen LogP contribution in [-0.4, -0.2) is 125 Å². The molecule has 4 heterocycles. The average molecular weight is 916 g/mol. The van der Waals surface area contributed by atoms with Gasteiger partial charge in [0.1, 0.15) is 17.3 Å². The van der Waals surface area contributed by atoms with E-state index in [1.807, 2.05) is 53.7 Å². The summed E-state index contributed by atoms with van der Waals surface area (Å²) in [4.78, 5) is 70.0. The molecule has 2 aliphatic rings. The number of ether oxygens (including phenoxy) is 3.